The van der Waals surface area contributed by atoms with E-state index >= 15 is 0 Å². The van der Waals surface area contributed by atoms with Gasteiger partial charge in [-0.15, -0.1) is 0 Å². The van der Waals surface area contributed by atoms with Gasteiger partial charge in [0, 0.05) is 19.6 Å². The number of aryl methyl sites for hydroxylation is 2. The molecule has 0 amide bonds. The van der Waals surface area contributed by atoms with Crippen molar-refractivity contribution in [3.8, 4) is 11.5 Å². The van der Waals surface area contributed by atoms with Crippen LogP contribution < -0.4 is 9.47 Å². The van der Waals surface area contributed by atoms with Crippen molar-refractivity contribution >= 4 is 0 Å². The standard InChI is InChI=1S/C24H29NO2/c1-26-21-9-8-18-6-7-20(22(18)16-21)17-25-14-12-24(13-15-25)11-10-19-4-2-3-5-23(19)27-24/h2-5,8-9,16,20H,6-7,10-15,17H2,1H3. The molecule has 3 heteroatoms. The minimum Gasteiger partial charge on any atom is -0.497 e. The molecule has 1 spiro atoms. The lowest BCUT2D eigenvalue weighted by Crippen LogP contribution is -2.50. The highest BCUT2D eigenvalue weighted by Crippen LogP contribution is 2.41. The Morgan fingerprint density at radius 2 is 1.89 bits per heavy atom. The third-order valence-corrected chi connectivity index (χ3v) is 6.95. The van der Waals surface area contributed by atoms with Crippen molar-refractivity contribution in [1.29, 1.82) is 0 Å². The van der Waals surface area contributed by atoms with Crippen molar-refractivity contribution in [3.05, 3.63) is 59.2 Å². The molecular weight excluding hydrogens is 334 g/mol. The maximum atomic E-state index is 6.52. The van der Waals surface area contributed by atoms with Gasteiger partial charge in [0.05, 0.1) is 7.11 Å². The molecule has 142 valence electrons. The van der Waals surface area contributed by atoms with Crippen molar-refractivity contribution in [1.82, 2.24) is 4.90 Å². The molecule has 1 saturated heterocycles. The molecule has 5 rings (SSSR count). The quantitative estimate of drug-likeness (QED) is 0.796. The summed E-state index contributed by atoms with van der Waals surface area (Å²) in [6.07, 6.45) is 7.11. The van der Waals surface area contributed by atoms with E-state index in [4.69, 9.17) is 9.47 Å². The Hall–Kier alpha value is -2.00. The van der Waals surface area contributed by atoms with Gasteiger partial charge in [-0.2, -0.15) is 0 Å². The molecule has 1 unspecified atom stereocenters. The van der Waals surface area contributed by atoms with Gasteiger partial charge >= 0.3 is 0 Å². The highest BCUT2D eigenvalue weighted by molar-refractivity contribution is 5.41. The summed E-state index contributed by atoms with van der Waals surface area (Å²) < 4.78 is 12.0. The monoisotopic (exact) mass is 363 g/mol. The van der Waals surface area contributed by atoms with Crippen LogP contribution in [-0.4, -0.2) is 37.2 Å². The average molecular weight is 364 g/mol. The van der Waals surface area contributed by atoms with Crippen molar-refractivity contribution in [3.63, 3.8) is 0 Å². The maximum absolute atomic E-state index is 6.52. The van der Waals surface area contributed by atoms with Crippen molar-refractivity contribution in [2.24, 2.45) is 0 Å². The number of methoxy groups -OCH3 is 1. The van der Waals surface area contributed by atoms with Gasteiger partial charge in [0.25, 0.3) is 0 Å². The summed E-state index contributed by atoms with van der Waals surface area (Å²) in [5, 5.41) is 0. The number of fused-ring (bicyclic) bond motifs is 2. The molecule has 3 nitrogen and oxygen atoms in total. The Labute approximate surface area is 162 Å². The van der Waals surface area contributed by atoms with Crippen LogP contribution in [0, 0.1) is 0 Å². The third-order valence-electron chi connectivity index (χ3n) is 6.95. The maximum Gasteiger partial charge on any atom is 0.123 e. The van der Waals surface area contributed by atoms with Crippen molar-refractivity contribution in [2.75, 3.05) is 26.7 Å². The second kappa shape index (κ2) is 6.87. The predicted molar refractivity (Wildman–Crippen MR) is 108 cm³/mol. The Balaban J connectivity index is 1.23. The summed E-state index contributed by atoms with van der Waals surface area (Å²) in [4.78, 5) is 2.66. The third kappa shape index (κ3) is 3.23. The van der Waals surface area contributed by atoms with Gasteiger partial charge in [-0.05, 0) is 79.3 Å². The minimum atomic E-state index is 0.0711. The van der Waals surface area contributed by atoms with Gasteiger partial charge in [0.15, 0.2) is 0 Å². The summed E-state index contributed by atoms with van der Waals surface area (Å²) in [6.45, 7) is 3.47. The molecule has 0 radical (unpaired) electrons. The van der Waals surface area contributed by atoms with Crippen LogP contribution in [0.3, 0.4) is 0 Å². The molecule has 0 bridgehead atoms. The van der Waals surface area contributed by atoms with E-state index in [9.17, 15) is 0 Å². The number of likely N-dealkylation sites (tertiary alicyclic amines) is 1. The summed E-state index contributed by atoms with van der Waals surface area (Å²) in [6, 6.07) is 15.2. The van der Waals surface area contributed by atoms with Gasteiger partial charge < -0.3 is 14.4 Å². The Morgan fingerprint density at radius 1 is 1.04 bits per heavy atom. The van der Waals surface area contributed by atoms with Crippen LogP contribution in [0.1, 0.15) is 48.3 Å². The first-order valence-corrected chi connectivity index (χ1v) is 10.4. The fourth-order valence-corrected chi connectivity index (χ4v) is 5.25. The topological polar surface area (TPSA) is 21.7 Å². The molecule has 0 saturated carbocycles. The molecule has 2 heterocycles. The minimum absolute atomic E-state index is 0.0711. The lowest BCUT2D eigenvalue weighted by Gasteiger charge is -2.45. The smallest absolute Gasteiger partial charge is 0.123 e. The van der Waals surface area contributed by atoms with E-state index in [0.717, 1.165) is 43.9 Å². The first-order chi connectivity index (χ1) is 13.2. The molecule has 2 aromatic carbocycles. The summed E-state index contributed by atoms with van der Waals surface area (Å²) >= 11 is 0. The number of para-hydroxylation sites is 1. The van der Waals surface area contributed by atoms with E-state index in [2.05, 4.69) is 47.4 Å². The van der Waals surface area contributed by atoms with Crippen LogP contribution >= 0.6 is 0 Å². The fraction of sp³-hybridized carbons (Fsp3) is 0.500. The Morgan fingerprint density at radius 3 is 2.74 bits per heavy atom. The second-order valence-corrected chi connectivity index (χ2v) is 8.49. The Bertz CT molecular complexity index is 823. The van der Waals surface area contributed by atoms with Gasteiger partial charge in [0.2, 0.25) is 0 Å². The zero-order chi connectivity index (χ0) is 18.3. The van der Waals surface area contributed by atoms with Crippen LogP contribution in [-0.2, 0) is 12.8 Å². The van der Waals surface area contributed by atoms with Crippen LogP contribution in [0.5, 0.6) is 11.5 Å². The summed E-state index contributed by atoms with van der Waals surface area (Å²) in [5.74, 6) is 2.76. The average Bonchev–Trinajstić information content (AvgIpc) is 3.12. The number of rotatable bonds is 3. The van der Waals surface area contributed by atoms with Gasteiger partial charge in [0.1, 0.15) is 17.1 Å². The predicted octanol–water partition coefficient (Wildman–Crippen LogP) is 4.58. The Kier molecular flexibility index (Phi) is 4.35. The zero-order valence-corrected chi connectivity index (χ0v) is 16.2. The highest BCUT2D eigenvalue weighted by atomic mass is 16.5. The van der Waals surface area contributed by atoms with Gasteiger partial charge in [-0.25, -0.2) is 0 Å². The molecule has 0 N–H and O–H groups in total. The normalized spacial score (nSPS) is 23.5. The molecule has 1 atom stereocenters. The number of hydrogen-bond donors (Lipinski definition) is 0. The van der Waals surface area contributed by atoms with Crippen LogP contribution in [0.2, 0.25) is 0 Å². The van der Waals surface area contributed by atoms with Crippen molar-refractivity contribution < 1.29 is 9.47 Å². The van der Waals surface area contributed by atoms with E-state index < -0.39 is 0 Å². The molecule has 2 aliphatic heterocycles. The first kappa shape index (κ1) is 17.1. The lowest BCUT2D eigenvalue weighted by molar-refractivity contribution is -0.0156. The van der Waals surface area contributed by atoms with Crippen LogP contribution in [0.15, 0.2) is 42.5 Å². The number of ether oxygens (including phenoxy) is 2. The molecular formula is C24H29NO2. The molecule has 0 aromatic heterocycles. The lowest BCUT2D eigenvalue weighted by atomic mass is 9.83. The largest absolute Gasteiger partial charge is 0.497 e. The van der Waals surface area contributed by atoms with E-state index in [1.165, 1.54) is 42.5 Å². The summed E-state index contributed by atoms with van der Waals surface area (Å²) in [5.41, 5.74) is 4.47. The fourth-order valence-electron chi connectivity index (χ4n) is 5.25. The number of piperidine rings is 1. The van der Waals surface area contributed by atoms with Crippen LogP contribution in [0.25, 0.3) is 0 Å². The second-order valence-electron chi connectivity index (χ2n) is 8.49. The number of hydrogen-bond acceptors (Lipinski definition) is 3. The highest BCUT2D eigenvalue weighted by Gasteiger charge is 2.40. The zero-order valence-electron chi connectivity index (χ0n) is 16.2. The summed E-state index contributed by atoms with van der Waals surface area (Å²) in [7, 11) is 1.76. The van der Waals surface area contributed by atoms with E-state index in [0.29, 0.717) is 5.92 Å². The van der Waals surface area contributed by atoms with Gasteiger partial charge in [-0.3, -0.25) is 0 Å². The first-order valence-electron chi connectivity index (χ1n) is 10.4. The van der Waals surface area contributed by atoms with Crippen molar-refractivity contribution in [2.45, 2.75) is 50.0 Å². The van der Waals surface area contributed by atoms with Gasteiger partial charge in [-0.1, -0.05) is 24.3 Å². The molecule has 27 heavy (non-hydrogen) atoms. The molecule has 3 aliphatic rings. The molecule has 1 fully saturated rings. The SMILES string of the molecule is COc1ccc2c(c1)C(CN1CCC3(CCc4ccccc4O3)CC1)CC2. The van der Waals surface area contributed by atoms with E-state index in [1.54, 1.807) is 7.11 Å². The van der Waals surface area contributed by atoms with Crippen LogP contribution in [0.4, 0.5) is 0 Å². The number of benzene rings is 2. The molecule has 1 aliphatic carbocycles. The number of nitrogens with zero attached hydrogens (tertiary/aromatic N) is 1. The van der Waals surface area contributed by atoms with E-state index in [1.807, 2.05) is 0 Å². The molecule has 2 aromatic rings. The van der Waals surface area contributed by atoms with E-state index in [-0.39, 0.29) is 5.60 Å².